The zero-order valence-corrected chi connectivity index (χ0v) is 19.5. The van der Waals surface area contributed by atoms with Crippen molar-refractivity contribution in [3.05, 3.63) is 89.9 Å². The lowest BCUT2D eigenvalue weighted by Crippen LogP contribution is -2.32. The maximum absolute atomic E-state index is 13.9. The molecule has 0 atom stereocenters. The van der Waals surface area contributed by atoms with Crippen LogP contribution in [0.15, 0.2) is 78.5 Å². The van der Waals surface area contributed by atoms with Gasteiger partial charge in [-0.3, -0.25) is 9.59 Å². The summed E-state index contributed by atoms with van der Waals surface area (Å²) in [5.41, 5.74) is 2.72. The highest BCUT2D eigenvalue weighted by Gasteiger charge is 2.40. The van der Waals surface area contributed by atoms with Crippen LogP contribution in [0.5, 0.6) is 5.75 Å². The Morgan fingerprint density at radius 2 is 1.59 bits per heavy atom. The molecule has 3 aromatic carbocycles. The molecule has 1 N–H and O–H groups in total. The summed E-state index contributed by atoms with van der Waals surface area (Å²) in [5, 5.41) is 3.12. The molecule has 0 saturated heterocycles. The quantitative estimate of drug-likeness (QED) is 0.500. The molecule has 0 aliphatic carbocycles. The molecule has 0 bridgehead atoms. The first-order chi connectivity index (χ1) is 16.2. The maximum Gasteiger partial charge on any atom is 0.282 e. The molecule has 0 fully saturated rings. The van der Waals surface area contributed by atoms with E-state index in [1.54, 1.807) is 24.3 Å². The molecule has 4 rings (SSSR count). The summed E-state index contributed by atoms with van der Waals surface area (Å²) in [6.07, 6.45) is 0.00518. The van der Waals surface area contributed by atoms with Crippen molar-refractivity contribution in [3.8, 4) is 5.75 Å². The number of hydrogen-bond acceptors (Lipinski definition) is 5. The predicted molar refractivity (Wildman–Crippen MR) is 132 cm³/mol. The zero-order chi connectivity index (χ0) is 24.4. The van der Waals surface area contributed by atoms with Crippen LogP contribution in [0, 0.1) is 5.82 Å². The zero-order valence-electron chi connectivity index (χ0n) is 19.5. The van der Waals surface area contributed by atoms with E-state index in [2.05, 4.69) is 5.32 Å². The van der Waals surface area contributed by atoms with Crippen molar-refractivity contribution in [2.24, 2.45) is 0 Å². The third-order valence-corrected chi connectivity index (χ3v) is 5.32. The van der Waals surface area contributed by atoms with Crippen molar-refractivity contribution in [2.45, 2.75) is 20.0 Å². The number of amides is 2. The molecule has 2 amide bonds. The molecule has 3 aromatic rings. The summed E-state index contributed by atoms with van der Waals surface area (Å²) in [7, 11) is 3.87. The summed E-state index contributed by atoms with van der Waals surface area (Å²) < 4.78 is 19.6. The topological polar surface area (TPSA) is 61.9 Å². The molecule has 0 aromatic heterocycles. The summed E-state index contributed by atoms with van der Waals surface area (Å²) in [5.74, 6) is -0.951. The Balaban J connectivity index is 1.76. The van der Waals surface area contributed by atoms with Gasteiger partial charge in [0, 0.05) is 25.5 Å². The molecular formula is C27H26FN3O3. The monoisotopic (exact) mass is 459 g/mol. The van der Waals surface area contributed by atoms with Gasteiger partial charge < -0.3 is 15.0 Å². The molecule has 1 aliphatic rings. The van der Waals surface area contributed by atoms with E-state index >= 15 is 0 Å². The van der Waals surface area contributed by atoms with Gasteiger partial charge in [0.2, 0.25) is 0 Å². The number of rotatable bonds is 7. The maximum atomic E-state index is 13.9. The fourth-order valence-corrected chi connectivity index (χ4v) is 3.72. The van der Waals surface area contributed by atoms with E-state index in [0.717, 1.165) is 10.6 Å². The molecule has 0 saturated carbocycles. The number of benzene rings is 3. The molecule has 174 valence electrons. The number of halogens is 1. The van der Waals surface area contributed by atoms with E-state index in [4.69, 9.17) is 4.74 Å². The van der Waals surface area contributed by atoms with Crippen molar-refractivity contribution in [1.29, 1.82) is 0 Å². The lowest BCUT2D eigenvalue weighted by molar-refractivity contribution is -0.120. The largest absolute Gasteiger partial charge is 0.491 e. The number of carbonyl (C=O) groups excluding carboxylic acids is 2. The molecule has 7 heteroatoms. The van der Waals surface area contributed by atoms with Crippen LogP contribution < -0.4 is 19.9 Å². The van der Waals surface area contributed by atoms with E-state index in [0.29, 0.717) is 17.0 Å². The number of ether oxygens (including phenoxy) is 1. The number of hydrogen-bond donors (Lipinski definition) is 1. The van der Waals surface area contributed by atoms with Crippen LogP contribution in [0.4, 0.5) is 21.5 Å². The van der Waals surface area contributed by atoms with E-state index in [1.807, 2.05) is 57.1 Å². The van der Waals surface area contributed by atoms with Gasteiger partial charge >= 0.3 is 0 Å². The minimum absolute atomic E-state index is 0.00518. The Hall–Kier alpha value is -4.13. The highest BCUT2D eigenvalue weighted by molar-refractivity contribution is 6.46. The van der Waals surface area contributed by atoms with Crippen molar-refractivity contribution in [2.75, 3.05) is 29.2 Å². The lowest BCUT2D eigenvalue weighted by Gasteiger charge is -2.16. The fourth-order valence-electron chi connectivity index (χ4n) is 3.72. The van der Waals surface area contributed by atoms with Crippen molar-refractivity contribution in [3.63, 3.8) is 0 Å². The number of carbonyl (C=O) groups is 2. The van der Waals surface area contributed by atoms with Gasteiger partial charge in [-0.2, -0.15) is 0 Å². The second-order valence-corrected chi connectivity index (χ2v) is 8.43. The third-order valence-electron chi connectivity index (χ3n) is 5.32. The average molecular weight is 460 g/mol. The van der Waals surface area contributed by atoms with E-state index < -0.39 is 17.6 Å². The molecule has 6 nitrogen and oxygen atoms in total. The van der Waals surface area contributed by atoms with E-state index in [1.165, 1.54) is 24.3 Å². The highest BCUT2D eigenvalue weighted by Crippen LogP contribution is 2.35. The van der Waals surface area contributed by atoms with Crippen LogP contribution in [-0.2, 0) is 9.59 Å². The van der Waals surface area contributed by atoms with E-state index in [9.17, 15) is 14.0 Å². The van der Waals surface area contributed by atoms with Gasteiger partial charge in [0.15, 0.2) is 0 Å². The normalized spacial score (nSPS) is 13.6. The SMILES string of the molecule is CC(C)Oc1ccc(C2=C(Nc3ccc(N(C)C)cc3)C(=O)N(c3cccc(F)c3)C2=O)cc1. The molecular weight excluding hydrogens is 433 g/mol. The Bertz CT molecular complexity index is 1250. The molecule has 0 spiro atoms. The standard InChI is InChI=1S/C27H26FN3O3/c1-17(2)34-23-14-8-18(9-15-23)24-25(29-20-10-12-21(13-11-20)30(3)4)27(33)31(26(24)32)22-7-5-6-19(28)16-22/h5-17,29H,1-4H3. The van der Waals surface area contributed by atoms with Crippen molar-refractivity contribution >= 4 is 34.4 Å². The van der Waals surface area contributed by atoms with Gasteiger partial charge in [-0.15, -0.1) is 0 Å². The lowest BCUT2D eigenvalue weighted by atomic mass is 10.0. The van der Waals surface area contributed by atoms with E-state index in [-0.39, 0.29) is 23.1 Å². The molecule has 0 unspecified atom stereocenters. The third kappa shape index (κ3) is 4.64. The van der Waals surface area contributed by atoms with Crippen LogP contribution in [0.1, 0.15) is 19.4 Å². The first-order valence-electron chi connectivity index (χ1n) is 10.9. The van der Waals surface area contributed by atoms with Gasteiger partial charge in [-0.25, -0.2) is 9.29 Å². The van der Waals surface area contributed by atoms with Gasteiger partial charge in [-0.05, 0) is 74.0 Å². The number of imide groups is 1. The van der Waals surface area contributed by atoms with Crippen LogP contribution in [0.25, 0.3) is 5.57 Å². The molecule has 0 radical (unpaired) electrons. The smallest absolute Gasteiger partial charge is 0.282 e. The summed E-state index contributed by atoms with van der Waals surface area (Å²) >= 11 is 0. The second-order valence-electron chi connectivity index (χ2n) is 8.43. The summed E-state index contributed by atoms with van der Waals surface area (Å²) in [4.78, 5) is 29.9. The Labute approximate surface area is 198 Å². The van der Waals surface area contributed by atoms with Gasteiger partial charge in [0.1, 0.15) is 17.3 Å². The highest BCUT2D eigenvalue weighted by atomic mass is 19.1. The first kappa shape index (κ1) is 23.0. The van der Waals surface area contributed by atoms with Crippen molar-refractivity contribution < 1.29 is 18.7 Å². The summed E-state index contributed by atoms with van der Waals surface area (Å²) in [6.45, 7) is 3.85. The average Bonchev–Trinajstić information content (AvgIpc) is 3.03. The molecule has 1 heterocycles. The molecule has 34 heavy (non-hydrogen) atoms. The number of nitrogens with zero attached hydrogens (tertiary/aromatic N) is 2. The number of anilines is 3. The van der Waals surface area contributed by atoms with Gasteiger partial charge in [-0.1, -0.05) is 18.2 Å². The Kier molecular flexibility index (Phi) is 6.36. The minimum Gasteiger partial charge on any atom is -0.491 e. The Morgan fingerprint density at radius 3 is 2.18 bits per heavy atom. The first-order valence-corrected chi connectivity index (χ1v) is 10.9. The van der Waals surface area contributed by atoms with Gasteiger partial charge in [0.05, 0.1) is 17.4 Å². The van der Waals surface area contributed by atoms with Crippen LogP contribution in [-0.4, -0.2) is 32.0 Å². The van der Waals surface area contributed by atoms with Crippen molar-refractivity contribution in [1.82, 2.24) is 0 Å². The molecule has 1 aliphatic heterocycles. The fraction of sp³-hybridized carbons (Fsp3) is 0.185. The van der Waals surface area contributed by atoms with Crippen LogP contribution >= 0.6 is 0 Å². The minimum atomic E-state index is -0.551. The number of nitrogens with one attached hydrogen (secondary N) is 1. The summed E-state index contributed by atoms with van der Waals surface area (Å²) in [6, 6.07) is 19.9. The van der Waals surface area contributed by atoms with Crippen LogP contribution in [0.2, 0.25) is 0 Å². The van der Waals surface area contributed by atoms with Crippen LogP contribution in [0.3, 0.4) is 0 Å². The second kappa shape index (κ2) is 9.39. The van der Waals surface area contributed by atoms with Gasteiger partial charge in [0.25, 0.3) is 11.8 Å². The predicted octanol–water partition coefficient (Wildman–Crippen LogP) is 5.08. The Morgan fingerprint density at radius 1 is 0.912 bits per heavy atom.